The molecule has 4 rings (SSSR count). The Hall–Kier alpha value is -3.37. The van der Waals surface area contributed by atoms with Gasteiger partial charge in [0, 0.05) is 30.9 Å². The lowest BCUT2D eigenvalue weighted by Crippen LogP contribution is -2.57. The lowest BCUT2D eigenvalue weighted by atomic mass is 9.84. The number of carbonyl (C=O) groups is 2. The molecule has 33 heavy (non-hydrogen) atoms. The van der Waals surface area contributed by atoms with E-state index in [-0.39, 0.29) is 24.0 Å². The van der Waals surface area contributed by atoms with Gasteiger partial charge < -0.3 is 16.0 Å². The van der Waals surface area contributed by atoms with E-state index in [0.29, 0.717) is 23.7 Å². The highest BCUT2D eigenvalue weighted by Gasteiger charge is 2.31. The van der Waals surface area contributed by atoms with Gasteiger partial charge in [0.15, 0.2) is 0 Å². The van der Waals surface area contributed by atoms with E-state index in [1.54, 1.807) is 24.3 Å². The van der Waals surface area contributed by atoms with Gasteiger partial charge >= 0.3 is 6.03 Å². The van der Waals surface area contributed by atoms with Crippen LogP contribution in [0.15, 0.2) is 54.6 Å². The lowest BCUT2D eigenvalue weighted by molar-refractivity contribution is -0.125. The van der Waals surface area contributed by atoms with E-state index in [9.17, 15) is 9.59 Å². The van der Waals surface area contributed by atoms with Crippen LogP contribution in [0.2, 0.25) is 0 Å². The van der Waals surface area contributed by atoms with Crippen LogP contribution < -0.4 is 16.0 Å². The summed E-state index contributed by atoms with van der Waals surface area (Å²) >= 11 is 0. The van der Waals surface area contributed by atoms with Crippen LogP contribution in [0.4, 0.5) is 10.5 Å². The third-order valence-corrected chi connectivity index (χ3v) is 6.50. The summed E-state index contributed by atoms with van der Waals surface area (Å²) in [5.74, 6) is 0.371. The number of anilines is 1. The summed E-state index contributed by atoms with van der Waals surface area (Å²) in [6, 6.07) is 19.1. The fourth-order valence-corrected chi connectivity index (χ4v) is 5.00. The van der Waals surface area contributed by atoms with Crippen molar-refractivity contribution < 1.29 is 9.59 Å². The van der Waals surface area contributed by atoms with Gasteiger partial charge in [0.25, 0.3) is 0 Å². The number of nitrogens with one attached hydrogen (secondary N) is 3. The molecule has 0 bridgehead atoms. The van der Waals surface area contributed by atoms with Crippen LogP contribution in [-0.2, 0) is 11.2 Å². The van der Waals surface area contributed by atoms with Crippen LogP contribution in [0.25, 0.3) is 0 Å². The second-order valence-corrected chi connectivity index (χ2v) is 9.09. The van der Waals surface area contributed by atoms with Gasteiger partial charge in [0.2, 0.25) is 5.91 Å². The van der Waals surface area contributed by atoms with E-state index in [0.717, 1.165) is 45.2 Å². The zero-order chi connectivity index (χ0) is 23.0. The molecule has 1 aliphatic carbocycles. The molecule has 7 nitrogen and oxygen atoms in total. The van der Waals surface area contributed by atoms with Crippen LogP contribution in [0, 0.1) is 17.2 Å². The summed E-state index contributed by atoms with van der Waals surface area (Å²) in [6.45, 7) is 2.02. The maximum absolute atomic E-state index is 12.6. The van der Waals surface area contributed by atoms with E-state index in [2.05, 4.69) is 39.1 Å². The fourth-order valence-electron chi connectivity index (χ4n) is 5.00. The zero-order valence-corrected chi connectivity index (χ0v) is 18.8. The average molecular weight is 446 g/mol. The number of urea groups is 1. The Labute approximate surface area is 195 Å². The molecule has 0 unspecified atom stereocenters. The summed E-state index contributed by atoms with van der Waals surface area (Å²) < 4.78 is 0. The third kappa shape index (κ3) is 6.56. The first-order valence-electron chi connectivity index (χ1n) is 11.7. The molecule has 0 radical (unpaired) electrons. The molecule has 3 amide bonds. The lowest BCUT2D eigenvalue weighted by Gasteiger charge is -2.39. The molecular weight excluding hydrogens is 414 g/mol. The van der Waals surface area contributed by atoms with Crippen LogP contribution in [0.5, 0.6) is 0 Å². The van der Waals surface area contributed by atoms with Crippen molar-refractivity contribution in [3.05, 3.63) is 65.7 Å². The molecule has 7 heteroatoms. The Morgan fingerprint density at radius 1 is 1.12 bits per heavy atom. The van der Waals surface area contributed by atoms with Crippen molar-refractivity contribution in [2.75, 3.05) is 25.0 Å². The summed E-state index contributed by atoms with van der Waals surface area (Å²) in [7, 11) is 0. The molecular formula is C26H31N5O2. The van der Waals surface area contributed by atoms with Crippen molar-refractivity contribution in [2.24, 2.45) is 5.92 Å². The number of carbonyl (C=O) groups excluding carboxylic acids is 2. The Kier molecular flexibility index (Phi) is 7.59. The molecule has 3 atom stereocenters. The summed E-state index contributed by atoms with van der Waals surface area (Å²) in [6.07, 6.45) is 5.02. The zero-order valence-electron chi connectivity index (χ0n) is 18.8. The monoisotopic (exact) mass is 445 g/mol. The Morgan fingerprint density at radius 2 is 1.94 bits per heavy atom. The average Bonchev–Trinajstić information content (AvgIpc) is 2.81. The molecule has 3 N–H and O–H groups in total. The number of nitriles is 1. The topological polar surface area (TPSA) is 97.3 Å². The first-order chi connectivity index (χ1) is 16.1. The van der Waals surface area contributed by atoms with E-state index < -0.39 is 0 Å². The van der Waals surface area contributed by atoms with Crippen LogP contribution in [0.3, 0.4) is 0 Å². The number of amides is 3. The number of nitrogens with zero attached hydrogens (tertiary/aromatic N) is 2. The normalized spacial score (nSPS) is 23.2. The van der Waals surface area contributed by atoms with E-state index >= 15 is 0 Å². The third-order valence-electron chi connectivity index (χ3n) is 6.50. The molecule has 0 spiro atoms. The SMILES string of the molecule is N#Cc1cccc(NC(=O)N[C@@H]2CCCC[C@H]2CN2CC(=O)N[C@@H](Cc3ccccc3)C2)c1. The van der Waals surface area contributed by atoms with Gasteiger partial charge in [0.1, 0.15) is 0 Å². The quantitative estimate of drug-likeness (QED) is 0.636. The highest BCUT2D eigenvalue weighted by atomic mass is 16.2. The van der Waals surface area contributed by atoms with Crippen LogP contribution >= 0.6 is 0 Å². The first kappa shape index (κ1) is 22.8. The van der Waals surface area contributed by atoms with Crippen molar-refractivity contribution in [1.29, 1.82) is 5.26 Å². The molecule has 1 aliphatic heterocycles. The molecule has 2 fully saturated rings. The van der Waals surface area contributed by atoms with Crippen molar-refractivity contribution >= 4 is 17.6 Å². The summed E-state index contributed by atoms with van der Waals surface area (Å²) in [4.78, 5) is 27.3. The first-order valence-corrected chi connectivity index (χ1v) is 11.7. The molecule has 2 aromatic carbocycles. The highest BCUT2D eigenvalue weighted by molar-refractivity contribution is 5.89. The molecule has 1 saturated carbocycles. The largest absolute Gasteiger partial charge is 0.351 e. The van der Waals surface area contributed by atoms with Gasteiger partial charge in [-0.2, -0.15) is 5.26 Å². The van der Waals surface area contributed by atoms with Crippen molar-refractivity contribution in [1.82, 2.24) is 15.5 Å². The van der Waals surface area contributed by atoms with Crippen molar-refractivity contribution in [3.8, 4) is 6.07 Å². The van der Waals surface area contributed by atoms with Gasteiger partial charge in [-0.3, -0.25) is 9.69 Å². The summed E-state index contributed by atoms with van der Waals surface area (Å²) in [5.41, 5.74) is 2.34. The van der Waals surface area contributed by atoms with Gasteiger partial charge in [-0.25, -0.2) is 4.79 Å². The van der Waals surface area contributed by atoms with Gasteiger partial charge in [-0.05, 0) is 48.9 Å². The van der Waals surface area contributed by atoms with Crippen LogP contribution in [0.1, 0.15) is 36.8 Å². The predicted octanol–water partition coefficient (Wildman–Crippen LogP) is 3.28. The molecule has 1 saturated heterocycles. The van der Waals surface area contributed by atoms with E-state index in [1.807, 2.05) is 18.2 Å². The smallest absolute Gasteiger partial charge is 0.319 e. The standard InChI is InChI=1S/C26H31N5O2/c27-15-20-9-6-11-22(14-20)29-26(33)30-24-12-5-4-10-21(24)16-31-17-23(28-25(32)18-31)13-19-7-2-1-3-8-19/h1-3,6-9,11,14,21,23-24H,4-5,10,12-13,16-18H2,(H,28,32)(H2,29,30,33)/t21-,23-,24+/m0/s1. The minimum absolute atomic E-state index is 0.0652. The second-order valence-electron chi connectivity index (χ2n) is 9.09. The fraction of sp³-hybridized carbons (Fsp3) is 0.423. The molecule has 2 aromatic rings. The molecule has 2 aliphatic rings. The number of hydrogen-bond acceptors (Lipinski definition) is 4. The summed E-state index contributed by atoms with van der Waals surface area (Å²) in [5, 5.41) is 18.2. The Balaban J connectivity index is 1.34. The second kappa shape index (κ2) is 11.0. The van der Waals surface area contributed by atoms with E-state index in [4.69, 9.17) is 5.26 Å². The number of rotatable bonds is 6. The minimum atomic E-state index is -0.250. The van der Waals surface area contributed by atoms with E-state index in [1.165, 1.54) is 5.56 Å². The molecule has 1 heterocycles. The predicted molar refractivity (Wildman–Crippen MR) is 128 cm³/mol. The van der Waals surface area contributed by atoms with Crippen LogP contribution in [-0.4, -0.2) is 48.6 Å². The maximum atomic E-state index is 12.6. The number of benzene rings is 2. The maximum Gasteiger partial charge on any atom is 0.319 e. The molecule has 172 valence electrons. The Bertz CT molecular complexity index is 1000. The number of hydrogen-bond donors (Lipinski definition) is 3. The van der Waals surface area contributed by atoms with Crippen molar-refractivity contribution in [2.45, 2.75) is 44.2 Å². The molecule has 0 aromatic heterocycles. The number of piperazine rings is 1. The van der Waals surface area contributed by atoms with Gasteiger partial charge in [-0.15, -0.1) is 0 Å². The van der Waals surface area contributed by atoms with Gasteiger partial charge in [0.05, 0.1) is 18.2 Å². The minimum Gasteiger partial charge on any atom is -0.351 e. The van der Waals surface area contributed by atoms with Crippen molar-refractivity contribution in [3.63, 3.8) is 0 Å². The van der Waals surface area contributed by atoms with Gasteiger partial charge in [-0.1, -0.05) is 49.2 Å². The Morgan fingerprint density at radius 3 is 2.76 bits per heavy atom. The highest BCUT2D eigenvalue weighted by Crippen LogP contribution is 2.26.